The predicted molar refractivity (Wildman–Crippen MR) is 78.0 cm³/mol. The molecule has 1 fully saturated rings. The number of rotatable bonds is 2. The second-order valence-electron chi connectivity index (χ2n) is 5.80. The van der Waals surface area contributed by atoms with Gasteiger partial charge in [0.05, 0.1) is 5.92 Å². The van der Waals surface area contributed by atoms with Crippen molar-refractivity contribution in [2.24, 2.45) is 5.73 Å². The summed E-state index contributed by atoms with van der Waals surface area (Å²) in [5.41, 5.74) is 8.26. The van der Waals surface area contributed by atoms with Crippen LogP contribution in [0.4, 0.5) is 0 Å². The summed E-state index contributed by atoms with van der Waals surface area (Å²) in [6, 6.07) is 8.71. The third-order valence-corrected chi connectivity index (χ3v) is 4.11. The molecular formula is C16H24N2O. The second-order valence-corrected chi connectivity index (χ2v) is 5.80. The molecule has 0 unspecified atom stereocenters. The van der Waals surface area contributed by atoms with Crippen molar-refractivity contribution < 1.29 is 4.79 Å². The number of aryl methyl sites for hydroxylation is 1. The Labute approximate surface area is 115 Å². The number of nitrogens with two attached hydrogens (primary N) is 1. The van der Waals surface area contributed by atoms with Crippen LogP contribution in [0.3, 0.4) is 0 Å². The fourth-order valence-corrected chi connectivity index (χ4v) is 2.87. The number of benzene rings is 1. The zero-order valence-electron chi connectivity index (χ0n) is 12.1. The van der Waals surface area contributed by atoms with Crippen molar-refractivity contribution in [2.45, 2.75) is 51.6 Å². The minimum atomic E-state index is -0.0725. The lowest BCUT2D eigenvalue weighted by Crippen LogP contribution is -2.49. The van der Waals surface area contributed by atoms with Gasteiger partial charge in [-0.25, -0.2) is 0 Å². The Kier molecular flexibility index (Phi) is 4.25. The minimum Gasteiger partial charge on any atom is -0.339 e. The molecule has 1 aromatic carbocycles. The van der Waals surface area contributed by atoms with Gasteiger partial charge in [0.15, 0.2) is 0 Å². The van der Waals surface area contributed by atoms with Gasteiger partial charge in [0, 0.05) is 18.6 Å². The topological polar surface area (TPSA) is 46.3 Å². The summed E-state index contributed by atoms with van der Waals surface area (Å²) in [5, 5.41) is 0. The summed E-state index contributed by atoms with van der Waals surface area (Å²) in [5.74, 6) is 0.154. The molecule has 104 valence electrons. The normalized spacial score (nSPS) is 25.2. The van der Waals surface area contributed by atoms with Crippen molar-refractivity contribution in [1.82, 2.24) is 4.90 Å². The van der Waals surface area contributed by atoms with Crippen molar-refractivity contribution in [1.29, 1.82) is 0 Å². The van der Waals surface area contributed by atoms with Crippen molar-refractivity contribution in [3.05, 3.63) is 35.4 Å². The highest BCUT2D eigenvalue weighted by molar-refractivity contribution is 5.83. The second kappa shape index (κ2) is 5.74. The van der Waals surface area contributed by atoms with Crippen LogP contribution in [-0.4, -0.2) is 29.4 Å². The largest absolute Gasteiger partial charge is 0.339 e. The Morgan fingerprint density at radius 3 is 2.84 bits per heavy atom. The Balaban J connectivity index is 2.11. The quantitative estimate of drug-likeness (QED) is 0.887. The summed E-state index contributed by atoms with van der Waals surface area (Å²) in [6.07, 6.45) is 1.82. The molecule has 1 aromatic rings. The van der Waals surface area contributed by atoms with Crippen LogP contribution in [0, 0.1) is 6.92 Å². The number of hydrogen-bond acceptors (Lipinski definition) is 2. The molecule has 0 bridgehead atoms. The molecule has 0 aliphatic carbocycles. The molecular weight excluding hydrogens is 236 g/mol. The molecule has 0 saturated carbocycles. The van der Waals surface area contributed by atoms with Gasteiger partial charge < -0.3 is 10.6 Å². The van der Waals surface area contributed by atoms with Crippen LogP contribution in [-0.2, 0) is 4.79 Å². The van der Waals surface area contributed by atoms with E-state index in [2.05, 4.69) is 26.0 Å². The fraction of sp³-hybridized carbons (Fsp3) is 0.562. The smallest absolute Gasteiger partial charge is 0.230 e. The van der Waals surface area contributed by atoms with Crippen LogP contribution in [0.15, 0.2) is 24.3 Å². The van der Waals surface area contributed by atoms with Crippen LogP contribution in [0.1, 0.15) is 43.7 Å². The van der Waals surface area contributed by atoms with E-state index in [1.165, 1.54) is 5.56 Å². The Morgan fingerprint density at radius 1 is 1.47 bits per heavy atom. The first-order valence-corrected chi connectivity index (χ1v) is 7.11. The number of carbonyl (C=O) groups is 1. The number of amides is 1. The number of nitrogens with zero attached hydrogens (tertiary/aromatic N) is 1. The molecule has 1 heterocycles. The van der Waals surface area contributed by atoms with Gasteiger partial charge in [-0.2, -0.15) is 0 Å². The van der Waals surface area contributed by atoms with E-state index in [9.17, 15) is 4.79 Å². The van der Waals surface area contributed by atoms with Crippen LogP contribution < -0.4 is 5.73 Å². The predicted octanol–water partition coefficient (Wildman–Crippen LogP) is 2.44. The van der Waals surface area contributed by atoms with E-state index in [0.29, 0.717) is 0 Å². The van der Waals surface area contributed by atoms with Crippen molar-refractivity contribution >= 4 is 5.91 Å². The lowest BCUT2D eigenvalue weighted by Gasteiger charge is -2.38. The van der Waals surface area contributed by atoms with Crippen molar-refractivity contribution in [2.75, 3.05) is 6.54 Å². The molecule has 2 rings (SSSR count). The summed E-state index contributed by atoms with van der Waals surface area (Å²) in [4.78, 5) is 14.6. The lowest BCUT2D eigenvalue weighted by atomic mass is 9.94. The number of hydrogen-bond donors (Lipinski definition) is 1. The van der Waals surface area contributed by atoms with E-state index in [-0.39, 0.29) is 23.9 Å². The average molecular weight is 260 g/mol. The highest BCUT2D eigenvalue weighted by Gasteiger charge is 2.30. The first kappa shape index (κ1) is 14.1. The molecule has 3 atom stereocenters. The minimum absolute atomic E-state index is 0.0725. The van der Waals surface area contributed by atoms with E-state index in [0.717, 1.165) is 24.9 Å². The van der Waals surface area contributed by atoms with Gasteiger partial charge in [0.1, 0.15) is 0 Å². The Morgan fingerprint density at radius 2 is 2.21 bits per heavy atom. The van der Waals surface area contributed by atoms with Gasteiger partial charge in [-0.15, -0.1) is 0 Å². The average Bonchev–Trinajstić information content (AvgIpc) is 2.37. The SMILES string of the molecule is Cc1cccc([C@H](C)C(=O)N2CC[C@H](N)C[C@H]2C)c1. The van der Waals surface area contributed by atoms with Gasteiger partial charge in [-0.3, -0.25) is 4.79 Å². The van der Waals surface area contributed by atoms with E-state index in [1.54, 1.807) is 0 Å². The maximum Gasteiger partial charge on any atom is 0.230 e. The van der Waals surface area contributed by atoms with E-state index in [1.807, 2.05) is 24.0 Å². The highest BCUT2D eigenvalue weighted by Crippen LogP contribution is 2.24. The molecule has 19 heavy (non-hydrogen) atoms. The van der Waals surface area contributed by atoms with Gasteiger partial charge in [-0.1, -0.05) is 29.8 Å². The van der Waals surface area contributed by atoms with Gasteiger partial charge >= 0.3 is 0 Å². The van der Waals surface area contributed by atoms with Crippen LogP contribution in [0.25, 0.3) is 0 Å². The Bertz CT molecular complexity index is 458. The molecule has 1 aliphatic rings. The van der Waals surface area contributed by atoms with Crippen LogP contribution in [0.5, 0.6) is 0 Å². The van der Waals surface area contributed by atoms with Crippen LogP contribution in [0.2, 0.25) is 0 Å². The number of piperidine rings is 1. The Hall–Kier alpha value is -1.35. The third kappa shape index (κ3) is 3.16. The summed E-state index contributed by atoms with van der Waals surface area (Å²) < 4.78 is 0. The maximum absolute atomic E-state index is 12.6. The molecule has 3 heteroatoms. The number of likely N-dealkylation sites (tertiary alicyclic amines) is 1. The molecule has 1 amide bonds. The maximum atomic E-state index is 12.6. The third-order valence-electron chi connectivity index (χ3n) is 4.11. The summed E-state index contributed by atoms with van der Waals surface area (Å²) in [6.45, 7) is 6.94. The molecule has 3 nitrogen and oxygen atoms in total. The summed E-state index contributed by atoms with van der Waals surface area (Å²) >= 11 is 0. The highest BCUT2D eigenvalue weighted by atomic mass is 16.2. The molecule has 0 radical (unpaired) electrons. The van der Waals surface area contributed by atoms with Crippen molar-refractivity contribution in [3.8, 4) is 0 Å². The molecule has 1 saturated heterocycles. The van der Waals surface area contributed by atoms with E-state index >= 15 is 0 Å². The monoisotopic (exact) mass is 260 g/mol. The van der Waals surface area contributed by atoms with Crippen LogP contribution >= 0.6 is 0 Å². The zero-order valence-corrected chi connectivity index (χ0v) is 12.1. The van der Waals surface area contributed by atoms with Gasteiger partial charge in [-0.05, 0) is 39.2 Å². The number of carbonyl (C=O) groups excluding carboxylic acids is 1. The van der Waals surface area contributed by atoms with E-state index in [4.69, 9.17) is 5.73 Å². The first-order valence-electron chi connectivity index (χ1n) is 7.11. The van der Waals surface area contributed by atoms with Gasteiger partial charge in [0.2, 0.25) is 5.91 Å². The molecule has 1 aliphatic heterocycles. The van der Waals surface area contributed by atoms with E-state index < -0.39 is 0 Å². The molecule has 0 aromatic heterocycles. The fourth-order valence-electron chi connectivity index (χ4n) is 2.87. The first-order chi connectivity index (χ1) is 8.99. The summed E-state index contributed by atoms with van der Waals surface area (Å²) in [7, 11) is 0. The van der Waals surface area contributed by atoms with Gasteiger partial charge in [0.25, 0.3) is 0 Å². The molecule has 0 spiro atoms. The zero-order chi connectivity index (χ0) is 14.0. The molecule has 2 N–H and O–H groups in total. The van der Waals surface area contributed by atoms with Crippen molar-refractivity contribution in [3.63, 3.8) is 0 Å². The lowest BCUT2D eigenvalue weighted by molar-refractivity contribution is -0.135. The standard InChI is InChI=1S/C16H24N2O/c1-11-5-4-6-14(9-11)13(3)16(19)18-8-7-15(17)10-12(18)2/h4-6,9,12-13,15H,7-8,10,17H2,1-3H3/t12-,13+,15+/m1/s1.